The largest absolute Gasteiger partial charge is 0.478 e. The number of aromatic carboxylic acids is 1. The Bertz CT molecular complexity index is 379. The fourth-order valence-corrected chi connectivity index (χ4v) is 1.89. The highest BCUT2D eigenvalue weighted by Crippen LogP contribution is 2.25. The number of carboxylic acid groups (broad SMARTS) is 1. The highest BCUT2D eigenvalue weighted by atomic mass is 35.5. The molecule has 0 aliphatic heterocycles. The van der Waals surface area contributed by atoms with Crippen LogP contribution >= 0.6 is 11.6 Å². The maximum Gasteiger partial charge on any atom is 0.339 e. The van der Waals surface area contributed by atoms with E-state index in [0.717, 1.165) is 12.8 Å². The SMILES string of the molecule is CCCC(C)Nc1cccc(Cl)c1C(=O)O. The maximum atomic E-state index is 11.1. The van der Waals surface area contributed by atoms with Crippen molar-refractivity contribution in [2.45, 2.75) is 32.7 Å². The van der Waals surface area contributed by atoms with Crippen molar-refractivity contribution < 1.29 is 9.90 Å². The maximum absolute atomic E-state index is 11.1. The Morgan fingerprint density at radius 3 is 2.81 bits per heavy atom. The highest BCUT2D eigenvalue weighted by Gasteiger charge is 2.15. The van der Waals surface area contributed by atoms with Crippen LogP contribution in [0.4, 0.5) is 5.69 Å². The lowest BCUT2D eigenvalue weighted by Gasteiger charge is -2.16. The standard InChI is InChI=1S/C12H16ClNO2/c1-3-5-8(2)14-10-7-4-6-9(13)11(10)12(15)16/h4,6-8,14H,3,5H2,1-2H3,(H,15,16). The van der Waals surface area contributed by atoms with Crippen molar-refractivity contribution in [2.24, 2.45) is 0 Å². The first-order chi connectivity index (χ1) is 7.56. The number of benzene rings is 1. The normalized spacial score (nSPS) is 12.2. The molecule has 1 aromatic carbocycles. The van der Waals surface area contributed by atoms with E-state index in [1.165, 1.54) is 0 Å². The van der Waals surface area contributed by atoms with Gasteiger partial charge in [-0.2, -0.15) is 0 Å². The van der Waals surface area contributed by atoms with Gasteiger partial charge >= 0.3 is 5.97 Å². The van der Waals surface area contributed by atoms with Gasteiger partial charge in [0.05, 0.1) is 10.7 Å². The Balaban J connectivity index is 2.95. The monoisotopic (exact) mass is 241 g/mol. The minimum absolute atomic E-state index is 0.145. The second-order valence-electron chi connectivity index (χ2n) is 3.80. The van der Waals surface area contributed by atoms with Crippen LogP contribution in [0.3, 0.4) is 0 Å². The quantitative estimate of drug-likeness (QED) is 0.828. The van der Waals surface area contributed by atoms with Crippen LogP contribution in [0.5, 0.6) is 0 Å². The minimum atomic E-state index is -1.00. The molecule has 0 spiro atoms. The molecular weight excluding hydrogens is 226 g/mol. The number of hydrogen-bond acceptors (Lipinski definition) is 2. The van der Waals surface area contributed by atoms with Gasteiger partial charge in [0.25, 0.3) is 0 Å². The molecular formula is C12H16ClNO2. The summed E-state index contributed by atoms with van der Waals surface area (Å²) in [7, 11) is 0. The lowest BCUT2D eigenvalue weighted by atomic mass is 10.1. The molecule has 4 heteroatoms. The number of carbonyl (C=O) groups is 1. The molecule has 2 N–H and O–H groups in total. The zero-order valence-corrected chi connectivity index (χ0v) is 10.2. The van der Waals surface area contributed by atoms with Gasteiger partial charge in [0.1, 0.15) is 5.56 Å². The number of carboxylic acids is 1. The van der Waals surface area contributed by atoms with Gasteiger partial charge in [-0.15, -0.1) is 0 Å². The zero-order chi connectivity index (χ0) is 12.1. The second-order valence-corrected chi connectivity index (χ2v) is 4.21. The predicted molar refractivity (Wildman–Crippen MR) is 66.4 cm³/mol. The fraction of sp³-hybridized carbons (Fsp3) is 0.417. The van der Waals surface area contributed by atoms with Gasteiger partial charge in [0.15, 0.2) is 0 Å². The lowest BCUT2D eigenvalue weighted by Crippen LogP contribution is -2.17. The topological polar surface area (TPSA) is 49.3 Å². The van der Waals surface area contributed by atoms with Crippen molar-refractivity contribution in [3.63, 3.8) is 0 Å². The van der Waals surface area contributed by atoms with Crippen molar-refractivity contribution in [2.75, 3.05) is 5.32 Å². The summed E-state index contributed by atoms with van der Waals surface area (Å²) < 4.78 is 0. The molecule has 0 saturated heterocycles. The van der Waals surface area contributed by atoms with E-state index in [9.17, 15) is 4.79 Å². The van der Waals surface area contributed by atoms with Crippen molar-refractivity contribution in [3.05, 3.63) is 28.8 Å². The summed E-state index contributed by atoms with van der Waals surface area (Å²) >= 11 is 5.86. The smallest absolute Gasteiger partial charge is 0.339 e. The van der Waals surface area contributed by atoms with E-state index >= 15 is 0 Å². The molecule has 0 aromatic heterocycles. The molecule has 1 rings (SSSR count). The molecule has 88 valence electrons. The lowest BCUT2D eigenvalue weighted by molar-refractivity contribution is 0.0698. The van der Waals surface area contributed by atoms with Crippen LogP contribution in [0.1, 0.15) is 37.0 Å². The molecule has 1 aromatic rings. The van der Waals surface area contributed by atoms with Crippen LogP contribution < -0.4 is 5.32 Å². The number of hydrogen-bond donors (Lipinski definition) is 2. The van der Waals surface area contributed by atoms with Crippen LogP contribution in [0.15, 0.2) is 18.2 Å². The van der Waals surface area contributed by atoms with E-state index in [1.807, 2.05) is 6.92 Å². The Hall–Kier alpha value is -1.22. The number of anilines is 1. The van der Waals surface area contributed by atoms with Crippen molar-refractivity contribution in [3.8, 4) is 0 Å². The zero-order valence-electron chi connectivity index (χ0n) is 9.46. The van der Waals surface area contributed by atoms with Crippen molar-refractivity contribution >= 4 is 23.3 Å². The van der Waals surface area contributed by atoms with Crippen LogP contribution in [-0.2, 0) is 0 Å². The summed E-state index contributed by atoms with van der Waals surface area (Å²) in [6.45, 7) is 4.12. The summed E-state index contributed by atoms with van der Waals surface area (Å²) in [5, 5.41) is 12.5. The van der Waals surface area contributed by atoms with Crippen LogP contribution in [-0.4, -0.2) is 17.1 Å². The van der Waals surface area contributed by atoms with Crippen molar-refractivity contribution in [1.29, 1.82) is 0 Å². The first kappa shape index (κ1) is 12.8. The molecule has 0 heterocycles. The van der Waals surface area contributed by atoms with Gasteiger partial charge in [-0.05, 0) is 25.5 Å². The molecule has 1 unspecified atom stereocenters. The molecule has 0 fully saturated rings. The highest BCUT2D eigenvalue weighted by molar-refractivity contribution is 6.34. The van der Waals surface area contributed by atoms with E-state index in [0.29, 0.717) is 5.69 Å². The molecule has 3 nitrogen and oxygen atoms in total. The summed E-state index contributed by atoms with van der Waals surface area (Å²) in [4.78, 5) is 11.1. The van der Waals surface area contributed by atoms with Gasteiger partial charge in [-0.25, -0.2) is 4.79 Å². The molecule has 0 aliphatic rings. The van der Waals surface area contributed by atoms with Gasteiger partial charge in [-0.1, -0.05) is 31.0 Å². The van der Waals surface area contributed by atoms with Crippen LogP contribution in [0, 0.1) is 0 Å². The molecule has 0 bridgehead atoms. The Labute approximate surface area is 100 Å². The first-order valence-electron chi connectivity index (χ1n) is 5.34. The number of rotatable bonds is 5. The molecule has 0 aliphatic carbocycles. The average molecular weight is 242 g/mol. The third-order valence-electron chi connectivity index (χ3n) is 2.35. The summed E-state index contributed by atoms with van der Waals surface area (Å²) in [5.74, 6) is -1.00. The number of nitrogens with one attached hydrogen (secondary N) is 1. The van der Waals surface area contributed by atoms with E-state index in [-0.39, 0.29) is 16.6 Å². The molecule has 1 atom stereocenters. The molecule has 16 heavy (non-hydrogen) atoms. The van der Waals surface area contributed by atoms with Crippen LogP contribution in [0.25, 0.3) is 0 Å². The Morgan fingerprint density at radius 1 is 1.56 bits per heavy atom. The second kappa shape index (κ2) is 5.75. The van der Waals surface area contributed by atoms with E-state index in [4.69, 9.17) is 16.7 Å². The van der Waals surface area contributed by atoms with Gasteiger partial charge in [0, 0.05) is 6.04 Å². The Morgan fingerprint density at radius 2 is 2.25 bits per heavy atom. The van der Waals surface area contributed by atoms with Gasteiger partial charge in [-0.3, -0.25) is 0 Å². The minimum Gasteiger partial charge on any atom is -0.478 e. The van der Waals surface area contributed by atoms with E-state index < -0.39 is 5.97 Å². The van der Waals surface area contributed by atoms with Gasteiger partial charge in [0.2, 0.25) is 0 Å². The third kappa shape index (κ3) is 3.14. The fourth-order valence-electron chi connectivity index (χ4n) is 1.63. The van der Waals surface area contributed by atoms with Gasteiger partial charge < -0.3 is 10.4 Å². The number of halogens is 1. The predicted octanol–water partition coefficient (Wildman–Crippen LogP) is 3.64. The average Bonchev–Trinajstić information content (AvgIpc) is 2.17. The molecule has 0 saturated carbocycles. The summed E-state index contributed by atoms with van der Waals surface area (Å²) in [5.41, 5.74) is 0.730. The Kier molecular flexibility index (Phi) is 4.62. The first-order valence-corrected chi connectivity index (χ1v) is 5.72. The summed E-state index contributed by atoms with van der Waals surface area (Å²) in [6, 6.07) is 5.30. The summed E-state index contributed by atoms with van der Waals surface area (Å²) in [6.07, 6.45) is 2.04. The van der Waals surface area contributed by atoms with E-state index in [2.05, 4.69) is 12.2 Å². The molecule has 0 amide bonds. The molecule has 0 radical (unpaired) electrons. The third-order valence-corrected chi connectivity index (χ3v) is 2.67. The van der Waals surface area contributed by atoms with E-state index in [1.54, 1.807) is 18.2 Å². The van der Waals surface area contributed by atoms with Crippen molar-refractivity contribution in [1.82, 2.24) is 0 Å². The van der Waals surface area contributed by atoms with Crippen LogP contribution in [0.2, 0.25) is 5.02 Å².